The fourth-order valence-electron chi connectivity index (χ4n) is 0.532. The second kappa shape index (κ2) is 4.74. The van der Waals surface area contributed by atoms with E-state index >= 15 is 0 Å². The summed E-state index contributed by atoms with van der Waals surface area (Å²) in [4.78, 5) is 4.17. The molecule has 0 fully saturated rings. The zero-order valence-electron chi connectivity index (χ0n) is 6.59. The lowest BCUT2D eigenvalue weighted by atomic mass is 10.4. The van der Waals surface area contributed by atoms with Crippen LogP contribution in [0, 0.1) is 0 Å². The first-order chi connectivity index (χ1) is 4.70. The highest BCUT2D eigenvalue weighted by atomic mass is 14.7. The van der Waals surface area contributed by atoms with Crippen molar-refractivity contribution in [1.82, 2.24) is 0 Å². The number of rotatable bonds is 3. The number of aliphatic imine (C=N–C) groups is 1. The molecule has 0 aliphatic heterocycles. The first-order valence-corrected chi connectivity index (χ1v) is 3.17. The van der Waals surface area contributed by atoms with E-state index in [1.54, 1.807) is 12.2 Å². The van der Waals surface area contributed by atoms with Gasteiger partial charge in [-0.3, -0.25) is 4.99 Å². The average Bonchev–Trinajstić information content (AvgIpc) is 1.88. The summed E-state index contributed by atoms with van der Waals surface area (Å²) in [6.07, 6.45) is 5.29. The van der Waals surface area contributed by atoms with Crippen LogP contribution in [0.1, 0.15) is 13.8 Å². The Bertz CT molecular complexity index is 185. The first kappa shape index (κ1) is 8.89. The zero-order valence-corrected chi connectivity index (χ0v) is 6.59. The Labute approximate surface area is 62.5 Å². The summed E-state index contributed by atoms with van der Waals surface area (Å²) in [5, 5.41) is 0. The van der Waals surface area contributed by atoms with Gasteiger partial charge in [0, 0.05) is 11.4 Å². The molecule has 0 aromatic rings. The van der Waals surface area contributed by atoms with Crippen LogP contribution >= 0.6 is 0 Å². The van der Waals surface area contributed by atoms with Crippen molar-refractivity contribution in [2.24, 2.45) is 4.99 Å². The standard InChI is InChI=1S/C9H13N/c1-5-7-9(4)10-8(3)6-2/h5-7H,1-2H2,3-4H3/b9-7-,10-8-. The second-order valence-corrected chi connectivity index (χ2v) is 2.00. The van der Waals surface area contributed by atoms with Crippen molar-refractivity contribution < 1.29 is 0 Å². The second-order valence-electron chi connectivity index (χ2n) is 2.00. The summed E-state index contributed by atoms with van der Waals surface area (Å²) < 4.78 is 0. The Morgan fingerprint density at radius 1 is 1.30 bits per heavy atom. The Morgan fingerprint density at radius 2 is 1.90 bits per heavy atom. The smallest absolute Gasteiger partial charge is 0.0375 e. The molecule has 1 heteroatoms. The van der Waals surface area contributed by atoms with E-state index in [0.717, 1.165) is 11.4 Å². The van der Waals surface area contributed by atoms with Crippen molar-refractivity contribution in [3.8, 4) is 0 Å². The van der Waals surface area contributed by atoms with E-state index in [1.807, 2.05) is 19.9 Å². The maximum Gasteiger partial charge on any atom is 0.0375 e. The van der Waals surface area contributed by atoms with Gasteiger partial charge in [-0.2, -0.15) is 0 Å². The SMILES string of the molecule is C=C/C=C(C)\N=C(\C)C=C. The van der Waals surface area contributed by atoms with E-state index in [4.69, 9.17) is 0 Å². The normalized spacial score (nSPS) is 13.0. The van der Waals surface area contributed by atoms with Gasteiger partial charge in [-0.25, -0.2) is 0 Å². The van der Waals surface area contributed by atoms with Crippen LogP contribution in [0.25, 0.3) is 0 Å². The van der Waals surface area contributed by atoms with Crippen LogP contribution in [0.3, 0.4) is 0 Å². The Kier molecular flexibility index (Phi) is 4.21. The summed E-state index contributed by atoms with van der Waals surface area (Å²) in [6, 6.07) is 0. The Morgan fingerprint density at radius 3 is 2.30 bits per heavy atom. The number of nitrogens with zero attached hydrogens (tertiary/aromatic N) is 1. The van der Waals surface area contributed by atoms with Crippen molar-refractivity contribution in [1.29, 1.82) is 0 Å². The zero-order chi connectivity index (χ0) is 7.98. The van der Waals surface area contributed by atoms with Crippen molar-refractivity contribution in [2.75, 3.05) is 0 Å². The van der Waals surface area contributed by atoms with Crippen LogP contribution in [-0.2, 0) is 0 Å². The molecule has 1 nitrogen and oxygen atoms in total. The lowest BCUT2D eigenvalue weighted by molar-refractivity contribution is 1.30. The molecular formula is C9H13N. The van der Waals surface area contributed by atoms with E-state index < -0.39 is 0 Å². The molecular weight excluding hydrogens is 122 g/mol. The van der Waals surface area contributed by atoms with Crippen molar-refractivity contribution in [2.45, 2.75) is 13.8 Å². The van der Waals surface area contributed by atoms with Crippen molar-refractivity contribution in [3.05, 3.63) is 37.1 Å². The van der Waals surface area contributed by atoms with Gasteiger partial charge >= 0.3 is 0 Å². The third-order valence-corrected chi connectivity index (χ3v) is 1.01. The monoisotopic (exact) mass is 135 g/mol. The average molecular weight is 135 g/mol. The molecule has 10 heavy (non-hydrogen) atoms. The van der Waals surface area contributed by atoms with Gasteiger partial charge in [-0.05, 0) is 26.0 Å². The maximum absolute atomic E-state index is 4.17. The minimum atomic E-state index is 0.926. The van der Waals surface area contributed by atoms with Gasteiger partial charge in [0.1, 0.15) is 0 Å². The molecule has 0 heterocycles. The molecule has 54 valence electrons. The minimum Gasteiger partial charge on any atom is -0.259 e. The van der Waals surface area contributed by atoms with E-state index in [-0.39, 0.29) is 0 Å². The quantitative estimate of drug-likeness (QED) is 0.417. The Hall–Kier alpha value is -1.11. The summed E-state index contributed by atoms with van der Waals surface area (Å²) in [6.45, 7) is 11.0. The highest BCUT2D eigenvalue weighted by Crippen LogP contribution is 1.95. The van der Waals surface area contributed by atoms with Gasteiger partial charge in [0.15, 0.2) is 0 Å². The fraction of sp³-hybridized carbons (Fsp3) is 0.222. The van der Waals surface area contributed by atoms with Gasteiger partial charge in [-0.1, -0.05) is 19.2 Å². The van der Waals surface area contributed by atoms with Crippen molar-refractivity contribution >= 4 is 5.71 Å². The van der Waals surface area contributed by atoms with Crippen molar-refractivity contribution in [3.63, 3.8) is 0 Å². The highest BCUT2D eigenvalue weighted by molar-refractivity contribution is 5.92. The van der Waals surface area contributed by atoms with Crippen LogP contribution in [0.2, 0.25) is 0 Å². The molecule has 0 atom stereocenters. The van der Waals surface area contributed by atoms with Crippen LogP contribution in [0.15, 0.2) is 42.1 Å². The van der Waals surface area contributed by atoms with Gasteiger partial charge in [0.05, 0.1) is 0 Å². The number of hydrogen-bond acceptors (Lipinski definition) is 1. The lowest BCUT2D eigenvalue weighted by Crippen LogP contribution is -1.82. The number of allylic oxidation sites excluding steroid dienone is 4. The molecule has 0 amide bonds. The summed E-state index contributed by atoms with van der Waals surface area (Å²) >= 11 is 0. The number of hydrogen-bond donors (Lipinski definition) is 0. The largest absolute Gasteiger partial charge is 0.259 e. The van der Waals surface area contributed by atoms with Gasteiger partial charge in [0.25, 0.3) is 0 Å². The molecule has 0 N–H and O–H groups in total. The molecule has 0 aromatic carbocycles. The van der Waals surface area contributed by atoms with Crippen LogP contribution in [0.4, 0.5) is 0 Å². The van der Waals surface area contributed by atoms with Gasteiger partial charge in [-0.15, -0.1) is 0 Å². The first-order valence-electron chi connectivity index (χ1n) is 3.17. The molecule has 0 rings (SSSR count). The minimum absolute atomic E-state index is 0.926. The van der Waals surface area contributed by atoms with Gasteiger partial charge < -0.3 is 0 Å². The van der Waals surface area contributed by atoms with Crippen LogP contribution in [-0.4, -0.2) is 5.71 Å². The molecule has 0 bridgehead atoms. The van der Waals surface area contributed by atoms with E-state index in [2.05, 4.69) is 18.2 Å². The van der Waals surface area contributed by atoms with Gasteiger partial charge in [0.2, 0.25) is 0 Å². The van der Waals surface area contributed by atoms with E-state index in [9.17, 15) is 0 Å². The molecule has 0 saturated carbocycles. The highest BCUT2D eigenvalue weighted by Gasteiger charge is 1.81. The predicted molar refractivity (Wildman–Crippen MR) is 47.3 cm³/mol. The topological polar surface area (TPSA) is 12.4 Å². The predicted octanol–water partition coefficient (Wildman–Crippen LogP) is 2.72. The molecule has 0 saturated heterocycles. The third kappa shape index (κ3) is 3.84. The summed E-state index contributed by atoms with van der Waals surface area (Å²) in [5.74, 6) is 0. The molecule has 0 aliphatic carbocycles. The fourth-order valence-corrected chi connectivity index (χ4v) is 0.532. The molecule has 0 aliphatic rings. The summed E-state index contributed by atoms with van der Waals surface area (Å²) in [7, 11) is 0. The van der Waals surface area contributed by atoms with Crippen LogP contribution in [0.5, 0.6) is 0 Å². The molecule has 0 aromatic heterocycles. The Balaban J connectivity index is 4.24. The van der Waals surface area contributed by atoms with E-state index in [0.29, 0.717) is 0 Å². The lowest BCUT2D eigenvalue weighted by Gasteiger charge is -1.90. The molecule has 0 unspecified atom stereocenters. The summed E-state index contributed by atoms with van der Waals surface area (Å²) in [5.41, 5.74) is 1.88. The molecule has 0 radical (unpaired) electrons. The molecule has 0 spiro atoms. The maximum atomic E-state index is 4.17. The van der Waals surface area contributed by atoms with Crippen LogP contribution < -0.4 is 0 Å². The van der Waals surface area contributed by atoms with E-state index in [1.165, 1.54) is 0 Å². The third-order valence-electron chi connectivity index (χ3n) is 1.01.